The average molecular weight is 727 g/mol. The molecule has 3 saturated carbocycles. The molecule has 0 aromatic rings. The lowest BCUT2D eigenvalue weighted by Crippen LogP contribution is -2.73. The van der Waals surface area contributed by atoms with Crippen LogP contribution in [-0.2, 0) is 28.6 Å². The van der Waals surface area contributed by atoms with Crippen molar-refractivity contribution in [3.63, 3.8) is 0 Å². The van der Waals surface area contributed by atoms with Crippen LogP contribution in [0.1, 0.15) is 70.6 Å². The summed E-state index contributed by atoms with van der Waals surface area (Å²) in [5, 5.41) is 6.29. The molecule has 0 spiro atoms. The highest BCUT2D eigenvalue weighted by Crippen LogP contribution is 2.53. The second kappa shape index (κ2) is 14.8. The lowest BCUT2D eigenvalue weighted by molar-refractivity contribution is -0.220. The van der Waals surface area contributed by atoms with Crippen molar-refractivity contribution in [1.82, 2.24) is 30.2 Å². The number of hydrogen-bond donors (Lipinski definition) is 2. The number of rotatable bonds is 8. The van der Waals surface area contributed by atoms with Gasteiger partial charge in [-0.05, 0) is 83.2 Å². The van der Waals surface area contributed by atoms with E-state index in [9.17, 15) is 14.4 Å². The smallest absolute Gasteiger partial charge is 0.256 e. The van der Waals surface area contributed by atoms with Gasteiger partial charge >= 0.3 is 0 Å². The number of Topliss-reactive ketones (excluding diaryl/α,β-unsaturated/α-hetero) is 1. The summed E-state index contributed by atoms with van der Waals surface area (Å²) >= 11 is 0. The van der Waals surface area contributed by atoms with Crippen LogP contribution < -0.4 is 10.6 Å². The summed E-state index contributed by atoms with van der Waals surface area (Å²) in [7, 11) is 2.13. The standard InChI is InChI=1S/C39H59FN6O6/c1-43-11-4-5-24(43)8-10-41-39(49)28-21-46-30-19-32-26(25-6-2-3-7-31(25)51-32)18-33(30)52-38-35(46)27(37(28)48)17-29(40)36(38)45-12-9-23(20-45)42-34(47)22-44-13-15-50-16-14-44/h21,23-27,29-33,35-36,38H,2-20,22H2,1H3,(H,41,49)(H,42,47)/t23-,24?,25?,26?,27?,29?,30?,31?,32?,33?,35?,36?,38?/m1/s1. The van der Waals surface area contributed by atoms with E-state index < -0.39 is 24.2 Å². The molecule has 0 radical (unpaired) electrons. The minimum atomic E-state index is -1.29. The lowest BCUT2D eigenvalue weighted by atomic mass is 9.67. The van der Waals surface area contributed by atoms with Crippen molar-refractivity contribution in [2.24, 2.45) is 17.8 Å². The van der Waals surface area contributed by atoms with Gasteiger partial charge in [0.05, 0.1) is 67.9 Å². The van der Waals surface area contributed by atoms with Crippen LogP contribution in [0.5, 0.6) is 0 Å². The van der Waals surface area contributed by atoms with Gasteiger partial charge in [0.15, 0.2) is 5.78 Å². The molecule has 288 valence electrons. The number of carbonyl (C=O) groups is 3. The Kier molecular flexibility index (Phi) is 10.1. The molecule has 8 fully saturated rings. The fourth-order valence-electron chi connectivity index (χ4n) is 12.0. The Morgan fingerprint density at radius 2 is 1.75 bits per heavy atom. The van der Waals surface area contributed by atoms with Gasteiger partial charge in [0.1, 0.15) is 6.17 Å². The second-order valence-electron chi connectivity index (χ2n) is 17.5. The van der Waals surface area contributed by atoms with Gasteiger partial charge in [0.2, 0.25) is 5.91 Å². The molecule has 2 amide bonds. The number of ether oxygens (including phenoxy) is 3. The van der Waals surface area contributed by atoms with Crippen molar-refractivity contribution in [2.75, 3.05) is 66.1 Å². The van der Waals surface area contributed by atoms with E-state index in [2.05, 4.69) is 37.3 Å². The molecule has 3 aliphatic carbocycles. The van der Waals surface area contributed by atoms with Crippen LogP contribution in [-0.4, -0.2) is 164 Å². The predicted octanol–water partition coefficient (Wildman–Crippen LogP) is 1.48. The molecule has 9 rings (SSSR count). The van der Waals surface area contributed by atoms with Gasteiger partial charge in [-0.2, -0.15) is 0 Å². The number of carbonyl (C=O) groups excluding carboxylic acids is 3. The Hall–Kier alpha value is -2.16. The summed E-state index contributed by atoms with van der Waals surface area (Å²) in [4.78, 5) is 49.9. The number of likely N-dealkylation sites (tertiary alicyclic amines) is 2. The van der Waals surface area contributed by atoms with E-state index in [1.807, 2.05) is 6.20 Å². The fraction of sp³-hybridized carbons (Fsp3) is 0.872. The van der Waals surface area contributed by atoms with Crippen molar-refractivity contribution in [3.8, 4) is 0 Å². The number of halogens is 1. The molecule has 6 aliphatic heterocycles. The second-order valence-corrected chi connectivity index (χ2v) is 17.5. The first kappa shape index (κ1) is 35.5. The van der Waals surface area contributed by atoms with Crippen molar-refractivity contribution < 1.29 is 33.0 Å². The monoisotopic (exact) mass is 726 g/mol. The summed E-state index contributed by atoms with van der Waals surface area (Å²) in [5.41, 5.74) is 0.165. The van der Waals surface area contributed by atoms with E-state index >= 15 is 4.39 Å². The van der Waals surface area contributed by atoms with Crippen molar-refractivity contribution in [1.29, 1.82) is 0 Å². The number of nitrogens with one attached hydrogen (secondary N) is 2. The summed E-state index contributed by atoms with van der Waals surface area (Å²) in [6.07, 6.45) is 10.8. The van der Waals surface area contributed by atoms with Crippen molar-refractivity contribution in [2.45, 2.75) is 131 Å². The van der Waals surface area contributed by atoms with Crippen LogP contribution >= 0.6 is 0 Å². The molecule has 6 heterocycles. The maximum absolute atomic E-state index is 16.8. The quantitative estimate of drug-likeness (QED) is 0.357. The van der Waals surface area contributed by atoms with E-state index in [-0.39, 0.29) is 59.9 Å². The van der Waals surface area contributed by atoms with Gasteiger partial charge in [0.25, 0.3) is 5.91 Å². The molecule has 12 nitrogen and oxygen atoms in total. The van der Waals surface area contributed by atoms with E-state index in [0.29, 0.717) is 63.4 Å². The fourth-order valence-corrected chi connectivity index (χ4v) is 12.0. The molecule has 5 saturated heterocycles. The molecular formula is C39H59FN6O6. The number of morpholine rings is 2. The van der Waals surface area contributed by atoms with Gasteiger partial charge < -0.3 is 34.6 Å². The molecule has 52 heavy (non-hydrogen) atoms. The van der Waals surface area contributed by atoms with E-state index in [1.165, 1.54) is 25.7 Å². The van der Waals surface area contributed by atoms with Crippen LogP contribution in [0.4, 0.5) is 4.39 Å². The van der Waals surface area contributed by atoms with Crippen LogP contribution in [0.3, 0.4) is 0 Å². The highest BCUT2D eigenvalue weighted by Gasteiger charge is 2.62. The first-order chi connectivity index (χ1) is 25.3. The Morgan fingerprint density at radius 3 is 2.58 bits per heavy atom. The largest absolute Gasteiger partial charge is 0.379 e. The van der Waals surface area contributed by atoms with Crippen LogP contribution in [0, 0.1) is 17.8 Å². The minimum absolute atomic E-state index is 0.00201. The van der Waals surface area contributed by atoms with Gasteiger partial charge in [-0.25, -0.2) is 4.39 Å². The number of fused-ring (bicyclic) bond motifs is 5. The third-order valence-electron chi connectivity index (χ3n) is 14.6. The van der Waals surface area contributed by atoms with Crippen LogP contribution in [0.15, 0.2) is 11.8 Å². The number of ketones is 1. The molecular weight excluding hydrogens is 667 g/mol. The predicted molar refractivity (Wildman–Crippen MR) is 190 cm³/mol. The number of alkyl halides is 1. The summed E-state index contributed by atoms with van der Waals surface area (Å²) in [5.74, 6) is -0.279. The zero-order valence-electron chi connectivity index (χ0n) is 30.8. The number of hydrogen-bond acceptors (Lipinski definition) is 10. The number of amides is 2. The highest BCUT2D eigenvalue weighted by atomic mass is 19.1. The van der Waals surface area contributed by atoms with E-state index in [1.54, 1.807) is 0 Å². The Bertz CT molecular complexity index is 1400. The Labute approximate surface area is 307 Å². The molecule has 13 heteroatoms. The Balaban J connectivity index is 0.948. The molecule has 0 bridgehead atoms. The molecule has 9 aliphatic rings. The van der Waals surface area contributed by atoms with Gasteiger partial charge in [-0.3, -0.25) is 24.2 Å². The third-order valence-corrected chi connectivity index (χ3v) is 14.6. The molecule has 0 aromatic carbocycles. The van der Waals surface area contributed by atoms with Gasteiger partial charge in [-0.15, -0.1) is 0 Å². The topological polar surface area (TPSA) is 116 Å². The molecule has 13 atom stereocenters. The minimum Gasteiger partial charge on any atom is -0.379 e. The first-order valence-corrected chi connectivity index (χ1v) is 20.6. The van der Waals surface area contributed by atoms with Crippen LogP contribution in [0.25, 0.3) is 0 Å². The summed E-state index contributed by atoms with van der Waals surface area (Å²) < 4.78 is 36.1. The third kappa shape index (κ3) is 6.63. The average Bonchev–Trinajstić information content (AvgIpc) is 3.87. The van der Waals surface area contributed by atoms with Crippen molar-refractivity contribution in [3.05, 3.63) is 11.8 Å². The Morgan fingerprint density at radius 1 is 0.904 bits per heavy atom. The molecule has 0 aromatic heterocycles. The zero-order chi connectivity index (χ0) is 35.5. The zero-order valence-corrected chi connectivity index (χ0v) is 30.8. The maximum Gasteiger partial charge on any atom is 0.256 e. The van der Waals surface area contributed by atoms with E-state index in [0.717, 1.165) is 58.2 Å². The maximum atomic E-state index is 16.8. The van der Waals surface area contributed by atoms with Crippen molar-refractivity contribution >= 4 is 17.6 Å². The normalized spacial score (nSPS) is 43.7. The van der Waals surface area contributed by atoms with Gasteiger partial charge in [0, 0.05) is 56.9 Å². The van der Waals surface area contributed by atoms with Crippen LogP contribution in [0.2, 0.25) is 0 Å². The summed E-state index contributed by atoms with van der Waals surface area (Å²) in [6, 6.07) is -0.517. The SMILES string of the molecule is CN1CCCC1CCNC(=O)C1=CN2C3CC4OC5CCCCC5C4CC3OC3C(N4CC[C@@H](NC(=O)CN5CCOCC5)C4)C(F)CC(C1=O)C32. The van der Waals surface area contributed by atoms with E-state index in [4.69, 9.17) is 14.2 Å². The first-order valence-electron chi connectivity index (χ1n) is 20.6. The molecule has 12 unspecified atom stereocenters. The number of nitrogens with zero attached hydrogens (tertiary/aromatic N) is 4. The summed E-state index contributed by atoms with van der Waals surface area (Å²) in [6.45, 7) is 5.94. The molecule has 2 N–H and O–H groups in total. The lowest BCUT2D eigenvalue weighted by Gasteiger charge is -2.61. The highest BCUT2D eigenvalue weighted by molar-refractivity contribution is 6.20. The van der Waals surface area contributed by atoms with Gasteiger partial charge in [-0.1, -0.05) is 12.8 Å².